The maximum absolute atomic E-state index is 13.2. The van der Waals surface area contributed by atoms with Gasteiger partial charge in [-0.25, -0.2) is 9.78 Å². The first kappa shape index (κ1) is 21.3. The summed E-state index contributed by atoms with van der Waals surface area (Å²) in [5.41, 5.74) is 2.78. The van der Waals surface area contributed by atoms with Crippen molar-refractivity contribution in [1.82, 2.24) is 15.2 Å². The molecule has 7 nitrogen and oxygen atoms in total. The molecular formula is C21H27N3O4S. The number of aryl methyl sites for hydroxylation is 1. The van der Waals surface area contributed by atoms with Crippen LogP contribution in [0.25, 0.3) is 10.4 Å². The van der Waals surface area contributed by atoms with Crippen LogP contribution >= 0.6 is 11.3 Å². The fraction of sp³-hybridized carbons (Fsp3) is 0.476. The molecule has 2 heterocycles. The third kappa shape index (κ3) is 3.86. The topological polar surface area (TPSA) is 103 Å². The molecule has 0 bridgehead atoms. The Morgan fingerprint density at radius 2 is 1.97 bits per heavy atom. The number of hydrogen-bond acceptors (Lipinski definition) is 5. The summed E-state index contributed by atoms with van der Waals surface area (Å²) in [4.78, 5) is 31.5. The molecule has 1 aromatic carbocycles. The average Bonchev–Trinajstić information content (AvgIpc) is 3.23. The van der Waals surface area contributed by atoms with E-state index in [0.717, 1.165) is 26.6 Å². The molecule has 1 aliphatic rings. The normalized spacial score (nSPS) is 22.0. The van der Waals surface area contributed by atoms with Crippen molar-refractivity contribution < 1.29 is 19.8 Å². The zero-order chi connectivity index (χ0) is 21.4. The lowest BCUT2D eigenvalue weighted by atomic mass is 9.70. The first-order chi connectivity index (χ1) is 13.6. The number of thiazole rings is 1. The number of amides is 2. The van der Waals surface area contributed by atoms with Gasteiger partial charge in [0.2, 0.25) is 5.91 Å². The van der Waals surface area contributed by atoms with E-state index >= 15 is 0 Å². The molecule has 29 heavy (non-hydrogen) atoms. The Morgan fingerprint density at radius 3 is 2.48 bits per heavy atom. The second-order valence-electron chi connectivity index (χ2n) is 8.51. The number of carbonyl (C=O) groups excluding carboxylic acids is 1. The molecule has 2 atom stereocenters. The fourth-order valence-electron chi connectivity index (χ4n) is 4.07. The Balaban J connectivity index is 1.77. The second-order valence-corrected chi connectivity index (χ2v) is 9.36. The van der Waals surface area contributed by atoms with Gasteiger partial charge in [0.1, 0.15) is 5.54 Å². The number of rotatable bonds is 4. The first-order valence-electron chi connectivity index (χ1n) is 9.52. The molecule has 3 N–H and O–H groups in total. The molecule has 0 saturated carbocycles. The number of carbonyl (C=O) groups is 2. The van der Waals surface area contributed by atoms with Crippen molar-refractivity contribution in [2.24, 2.45) is 5.41 Å². The van der Waals surface area contributed by atoms with Gasteiger partial charge in [0.05, 0.1) is 28.7 Å². The summed E-state index contributed by atoms with van der Waals surface area (Å²) in [6.07, 6.45) is -1.98. The van der Waals surface area contributed by atoms with Crippen LogP contribution in [0.4, 0.5) is 4.79 Å². The Labute approximate surface area is 174 Å². The maximum Gasteiger partial charge on any atom is 0.408 e. The summed E-state index contributed by atoms with van der Waals surface area (Å²) in [6.45, 7) is 7.66. The molecule has 0 radical (unpaired) electrons. The number of likely N-dealkylation sites (tertiary alicyclic amines) is 1. The van der Waals surface area contributed by atoms with Crippen molar-refractivity contribution in [2.45, 2.75) is 52.3 Å². The van der Waals surface area contributed by atoms with Crippen LogP contribution in [0.2, 0.25) is 0 Å². The molecule has 8 heteroatoms. The molecule has 0 unspecified atom stereocenters. The highest BCUT2D eigenvalue weighted by Crippen LogP contribution is 2.44. The van der Waals surface area contributed by atoms with Gasteiger partial charge < -0.3 is 15.5 Å². The Morgan fingerprint density at radius 1 is 1.31 bits per heavy atom. The quantitative estimate of drug-likeness (QED) is 0.709. The zero-order valence-electron chi connectivity index (χ0n) is 17.1. The average molecular weight is 418 g/mol. The van der Waals surface area contributed by atoms with Gasteiger partial charge in [-0.05, 0) is 23.5 Å². The van der Waals surface area contributed by atoms with Crippen molar-refractivity contribution in [1.29, 1.82) is 0 Å². The van der Waals surface area contributed by atoms with E-state index in [9.17, 15) is 19.8 Å². The molecule has 1 fully saturated rings. The Kier molecular flexibility index (Phi) is 5.69. The van der Waals surface area contributed by atoms with Gasteiger partial charge >= 0.3 is 6.09 Å². The molecule has 3 rings (SSSR count). The van der Waals surface area contributed by atoms with E-state index in [1.165, 1.54) is 0 Å². The van der Waals surface area contributed by atoms with E-state index in [2.05, 4.69) is 10.3 Å². The highest BCUT2D eigenvalue weighted by molar-refractivity contribution is 7.13. The minimum atomic E-state index is -1.32. The van der Waals surface area contributed by atoms with Gasteiger partial charge in [0.25, 0.3) is 0 Å². The maximum atomic E-state index is 13.2. The molecule has 0 spiro atoms. The van der Waals surface area contributed by atoms with Gasteiger partial charge in [-0.3, -0.25) is 9.69 Å². The second kappa shape index (κ2) is 7.76. The summed E-state index contributed by atoms with van der Waals surface area (Å²) >= 11 is 1.58. The van der Waals surface area contributed by atoms with Gasteiger partial charge in [0.15, 0.2) is 0 Å². The minimum absolute atomic E-state index is 0.0665. The standard InChI is InChI=1S/C21H27N3O4S/c1-13-17(29-12-23-13)15-7-5-14(6-8-15)10-22-18(26)21(20(2,3)4)9-16(25)11-24(21)19(27)28/h5-8,12,16,25H,9-11H2,1-4H3,(H,22,26)(H,27,28)/t16-,21-/m1/s1. The Bertz CT molecular complexity index is 903. The summed E-state index contributed by atoms with van der Waals surface area (Å²) in [5, 5.41) is 22.7. The first-order valence-corrected chi connectivity index (χ1v) is 10.4. The number of carboxylic acid groups (broad SMARTS) is 1. The third-order valence-corrected chi connectivity index (χ3v) is 6.62. The number of aliphatic hydroxyl groups is 1. The van der Waals surface area contributed by atoms with E-state index in [0.29, 0.717) is 0 Å². The third-order valence-electron chi connectivity index (χ3n) is 5.65. The zero-order valence-corrected chi connectivity index (χ0v) is 17.9. The molecule has 2 amide bonds. The number of aromatic nitrogens is 1. The summed E-state index contributed by atoms with van der Waals surface area (Å²) in [5.74, 6) is -0.383. The summed E-state index contributed by atoms with van der Waals surface area (Å²) in [7, 11) is 0. The molecule has 1 aliphatic heterocycles. The highest BCUT2D eigenvalue weighted by atomic mass is 32.1. The Hall–Kier alpha value is -2.45. The lowest BCUT2D eigenvalue weighted by Gasteiger charge is -2.45. The highest BCUT2D eigenvalue weighted by Gasteiger charge is 2.59. The summed E-state index contributed by atoms with van der Waals surface area (Å²) < 4.78 is 0. The smallest absolute Gasteiger partial charge is 0.408 e. The van der Waals surface area contributed by atoms with Crippen LogP contribution < -0.4 is 5.32 Å². The van der Waals surface area contributed by atoms with Crippen LogP contribution in [0.15, 0.2) is 29.8 Å². The van der Waals surface area contributed by atoms with Gasteiger partial charge in [-0.15, -0.1) is 11.3 Å². The van der Waals surface area contributed by atoms with Gasteiger partial charge in [0, 0.05) is 13.0 Å². The number of β-amino-alcohol motifs (C(OH)–C–C–N with tert-alkyl or cyclic N) is 1. The number of hydrogen-bond donors (Lipinski definition) is 3. The number of nitrogens with one attached hydrogen (secondary N) is 1. The lowest BCUT2D eigenvalue weighted by Crippen LogP contribution is -2.63. The lowest BCUT2D eigenvalue weighted by molar-refractivity contribution is -0.137. The monoisotopic (exact) mass is 417 g/mol. The van der Waals surface area contributed by atoms with Crippen molar-refractivity contribution in [3.05, 3.63) is 41.0 Å². The summed E-state index contributed by atoms with van der Waals surface area (Å²) in [6, 6.07) is 7.86. The molecule has 1 saturated heterocycles. The number of nitrogens with zero attached hydrogens (tertiary/aromatic N) is 2. The van der Waals surface area contributed by atoms with Crippen molar-refractivity contribution in [2.75, 3.05) is 6.54 Å². The van der Waals surface area contributed by atoms with Crippen LogP contribution in [0.5, 0.6) is 0 Å². The molecule has 0 aliphatic carbocycles. The molecule has 2 aromatic rings. The molecule has 1 aromatic heterocycles. The van der Waals surface area contributed by atoms with Crippen molar-refractivity contribution in [3.63, 3.8) is 0 Å². The van der Waals surface area contributed by atoms with Crippen molar-refractivity contribution >= 4 is 23.3 Å². The van der Waals surface area contributed by atoms with Crippen LogP contribution in [-0.4, -0.2) is 50.3 Å². The van der Waals surface area contributed by atoms with Crippen molar-refractivity contribution in [3.8, 4) is 10.4 Å². The molecular weight excluding hydrogens is 390 g/mol. The van der Waals surface area contributed by atoms with E-state index in [-0.39, 0.29) is 25.4 Å². The predicted octanol–water partition coefficient (Wildman–Crippen LogP) is 3.26. The van der Waals surface area contributed by atoms with E-state index < -0.39 is 23.2 Å². The van der Waals surface area contributed by atoms with E-state index in [1.54, 1.807) is 11.3 Å². The number of benzene rings is 1. The predicted molar refractivity (Wildman–Crippen MR) is 112 cm³/mol. The van der Waals surface area contributed by atoms with Crippen LogP contribution in [-0.2, 0) is 11.3 Å². The van der Waals surface area contributed by atoms with E-state index in [4.69, 9.17) is 0 Å². The van der Waals surface area contributed by atoms with Gasteiger partial charge in [-0.1, -0.05) is 45.0 Å². The van der Waals surface area contributed by atoms with Crippen LogP contribution in [0.3, 0.4) is 0 Å². The SMILES string of the molecule is Cc1ncsc1-c1ccc(CNC(=O)[C@@]2(C(C)(C)C)C[C@@H](O)CN2C(=O)O)cc1. The fourth-order valence-corrected chi connectivity index (χ4v) is 4.88. The minimum Gasteiger partial charge on any atom is -0.465 e. The van der Waals surface area contributed by atoms with Crippen LogP contribution in [0, 0.1) is 12.3 Å². The van der Waals surface area contributed by atoms with E-state index in [1.807, 2.05) is 57.5 Å². The largest absolute Gasteiger partial charge is 0.465 e. The van der Waals surface area contributed by atoms with Gasteiger partial charge in [-0.2, -0.15) is 0 Å². The number of aliphatic hydroxyl groups excluding tert-OH is 1. The van der Waals surface area contributed by atoms with Crippen LogP contribution in [0.1, 0.15) is 38.4 Å². The molecule has 156 valence electrons.